The highest BCUT2D eigenvalue weighted by atomic mass is 35.5. The Morgan fingerprint density at radius 3 is 2.24 bits per heavy atom. The Balaban J connectivity index is 0.00000312. The summed E-state index contributed by atoms with van der Waals surface area (Å²) >= 11 is 0. The zero-order valence-electron chi connectivity index (χ0n) is 14.6. The van der Waals surface area contributed by atoms with E-state index in [-0.39, 0.29) is 29.6 Å². The quantitative estimate of drug-likeness (QED) is 0.764. The summed E-state index contributed by atoms with van der Waals surface area (Å²) in [6.45, 7) is 9.59. The molecule has 1 aromatic carbocycles. The Morgan fingerprint density at radius 2 is 1.72 bits per heavy atom. The smallest absolute Gasteiger partial charge is 0.428 e. The zero-order chi connectivity index (χ0) is 18.0. The molecule has 1 N–H and O–H groups in total. The van der Waals surface area contributed by atoms with E-state index in [1.807, 2.05) is 6.07 Å². The summed E-state index contributed by atoms with van der Waals surface area (Å²) in [6, 6.07) is 6.08. The molecular formula is C17H25ClF4N2O. The predicted molar refractivity (Wildman–Crippen MR) is 91.9 cm³/mol. The van der Waals surface area contributed by atoms with E-state index in [0.29, 0.717) is 0 Å². The molecule has 2 rings (SSSR count). The Bertz CT molecular complexity index is 546. The van der Waals surface area contributed by atoms with Crippen LogP contribution in [0.15, 0.2) is 24.3 Å². The third-order valence-electron chi connectivity index (χ3n) is 4.02. The van der Waals surface area contributed by atoms with Crippen LogP contribution in [0.3, 0.4) is 0 Å². The van der Waals surface area contributed by atoms with Crippen LogP contribution in [0, 0.1) is 5.41 Å². The minimum Gasteiger partial charge on any atom is -0.428 e. The van der Waals surface area contributed by atoms with E-state index in [4.69, 9.17) is 0 Å². The molecule has 0 amide bonds. The van der Waals surface area contributed by atoms with Crippen molar-refractivity contribution in [3.63, 3.8) is 0 Å². The summed E-state index contributed by atoms with van der Waals surface area (Å²) in [5, 5.41) is 3.28. The van der Waals surface area contributed by atoms with Crippen molar-refractivity contribution in [1.29, 1.82) is 0 Å². The summed E-state index contributed by atoms with van der Waals surface area (Å²) < 4.78 is 55.3. The van der Waals surface area contributed by atoms with Gasteiger partial charge in [-0.15, -0.1) is 12.4 Å². The Hall–Kier alpha value is -1.05. The number of ether oxygens (including phenoxy) is 1. The fraction of sp³-hybridized carbons (Fsp3) is 0.647. The molecule has 0 unspecified atom stereocenters. The molecule has 144 valence electrons. The molecule has 0 saturated carbocycles. The molecule has 25 heavy (non-hydrogen) atoms. The maximum absolute atomic E-state index is 13.2. The lowest BCUT2D eigenvalue weighted by molar-refractivity contribution is -0.253. The summed E-state index contributed by atoms with van der Waals surface area (Å²) in [7, 11) is 0. The maximum atomic E-state index is 13.2. The lowest BCUT2D eigenvalue weighted by Gasteiger charge is -2.42. The van der Waals surface area contributed by atoms with Gasteiger partial charge in [-0.3, -0.25) is 4.90 Å². The molecule has 1 fully saturated rings. The monoisotopic (exact) mass is 384 g/mol. The van der Waals surface area contributed by atoms with Crippen LogP contribution in [0.4, 0.5) is 17.6 Å². The zero-order valence-corrected chi connectivity index (χ0v) is 15.4. The number of benzene rings is 1. The maximum Gasteiger partial charge on any atom is 0.461 e. The van der Waals surface area contributed by atoms with E-state index in [0.717, 1.165) is 31.7 Å². The number of rotatable bonds is 5. The third-order valence-corrected chi connectivity index (χ3v) is 4.02. The molecule has 3 nitrogen and oxygen atoms in total. The fourth-order valence-electron chi connectivity index (χ4n) is 3.15. The molecule has 1 aliphatic heterocycles. The van der Waals surface area contributed by atoms with Crippen molar-refractivity contribution in [3.8, 4) is 5.75 Å². The van der Waals surface area contributed by atoms with Gasteiger partial charge < -0.3 is 10.1 Å². The number of halogens is 5. The van der Waals surface area contributed by atoms with Crippen molar-refractivity contribution >= 4 is 12.4 Å². The van der Waals surface area contributed by atoms with Crippen molar-refractivity contribution in [2.45, 2.75) is 39.3 Å². The largest absolute Gasteiger partial charge is 0.461 e. The van der Waals surface area contributed by atoms with Crippen LogP contribution in [0.25, 0.3) is 0 Å². The van der Waals surface area contributed by atoms with Gasteiger partial charge in [-0.2, -0.15) is 17.6 Å². The molecular weight excluding hydrogens is 360 g/mol. The Labute approximate surface area is 152 Å². The molecule has 1 aromatic rings. The molecule has 0 aliphatic carbocycles. The van der Waals surface area contributed by atoms with Gasteiger partial charge in [-0.25, -0.2) is 0 Å². The van der Waals surface area contributed by atoms with Crippen molar-refractivity contribution in [3.05, 3.63) is 29.8 Å². The lowest BCUT2D eigenvalue weighted by Crippen LogP contribution is -2.48. The molecule has 1 aliphatic rings. The second kappa shape index (κ2) is 8.56. The average molecular weight is 385 g/mol. The highest BCUT2D eigenvalue weighted by Crippen LogP contribution is 2.39. The van der Waals surface area contributed by atoms with Crippen LogP contribution in [0.5, 0.6) is 5.75 Å². The molecule has 1 saturated heterocycles. The highest BCUT2D eigenvalue weighted by Gasteiger charge is 2.44. The Morgan fingerprint density at radius 1 is 1.12 bits per heavy atom. The normalized spacial score (nSPS) is 17.9. The van der Waals surface area contributed by atoms with Crippen molar-refractivity contribution < 1.29 is 22.3 Å². The fourth-order valence-corrected chi connectivity index (χ4v) is 3.15. The van der Waals surface area contributed by atoms with Gasteiger partial charge >= 0.3 is 12.5 Å². The van der Waals surface area contributed by atoms with Crippen molar-refractivity contribution in [1.82, 2.24) is 10.2 Å². The first-order valence-corrected chi connectivity index (χ1v) is 8.01. The number of nitrogens with one attached hydrogen (secondary N) is 1. The van der Waals surface area contributed by atoms with Gasteiger partial charge in [-0.05, 0) is 23.1 Å². The van der Waals surface area contributed by atoms with Crippen LogP contribution < -0.4 is 10.1 Å². The second-order valence-electron chi connectivity index (χ2n) is 7.09. The standard InChI is InChI=1S/C17H24F4N2O.ClH/c1-16(2,3)14(23-9-7-22-8-10-23)12-5-4-6-13(11-12)24-17(20,21)15(18)19;/h4-6,11,14-15,22H,7-10H2,1-3H3;1H/t14-;/m0./s1. The molecule has 0 spiro atoms. The van der Waals surface area contributed by atoms with Gasteiger partial charge in [0.15, 0.2) is 0 Å². The first-order valence-electron chi connectivity index (χ1n) is 8.01. The van der Waals surface area contributed by atoms with Gasteiger partial charge in [-0.1, -0.05) is 32.9 Å². The number of alkyl halides is 4. The van der Waals surface area contributed by atoms with Crippen LogP contribution in [-0.4, -0.2) is 43.6 Å². The first kappa shape index (κ1) is 22.0. The van der Waals surface area contributed by atoms with Gasteiger partial charge in [0.05, 0.1) is 0 Å². The Kier molecular flexibility index (Phi) is 7.53. The first-order chi connectivity index (χ1) is 11.1. The van der Waals surface area contributed by atoms with Crippen LogP contribution >= 0.6 is 12.4 Å². The van der Waals surface area contributed by atoms with E-state index >= 15 is 0 Å². The number of nitrogens with zero attached hydrogens (tertiary/aromatic N) is 1. The molecule has 1 heterocycles. The van der Waals surface area contributed by atoms with E-state index in [1.54, 1.807) is 6.07 Å². The van der Waals surface area contributed by atoms with E-state index in [2.05, 4.69) is 35.7 Å². The van der Waals surface area contributed by atoms with Crippen LogP contribution in [0.1, 0.15) is 32.4 Å². The number of hydrogen-bond donors (Lipinski definition) is 1. The molecule has 0 bridgehead atoms. The molecule has 1 atom stereocenters. The predicted octanol–water partition coefficient (Wildman–Crippen LogP) is 4.34. The SMILES string of the molecule is CC(C)(C)[C@H](c1cccc(OC(F)(F)C(F)F)c1)N1CCNCC1.Cl. The summed E-state index contributed by atoms with van der Waals surface area (Å²) in [5.74, 6) is -0.248. The van der Waals surface area contributed by atoms with Crippen LogP contribution in [-0.2, 0) is 0 Å². The minimum atomic E-state index is -4.50. The van der Waals surface area contributed by atoms with E-state index < -0.39 is 12.5 Å². The van der Waals surface area contributed by atoms with E-state index in [1.165, 1.54) is 12.1 Å². The average Bonchev–Trinajstić information content (AvgIpc) is 2.47. The lowest BCUT2D eigenvalue weighted by atomic mass is 9.81. The van der Waals surface area contributed by atoms with Crippen LogP contribution in [0.2, 0.25) is 0 Å². The number of piperazine rings is 1. The summed E-state index contributed by atoms with van der Waals surface area (Å²) in [5.41, 5.74) is 0.633. The molecule has 0 radical (unpaired) electrons. The summed E-state index contributed by atoms with van der Waals surface area (Å²) in [4.78, 5) is 2.28. The van der Waals surface area contributed by atoms with Gasteiger partial charge in [0.1, 0.15) is 5.75 Å². The van der Waals surface area contributed by atoms with E-state index in [9.17, 15) is 17.6 Å². The number of hydrogen-bond acceptors (Lipinski definition) is 3. The van der Waals surface area contributed by atoms with Gasteiger partial charge in [0.25, 0.3) is 0 Å². The highest BCUT2D eigenvalue weighted by molar-refractivity contribution is 5.85. The third kappa shape index (κ3) is 5.72. The van der Waals surface area contributed by atoms with Crippen molar-refractivity contribution in [2.75, 3.05) is 26.2 Å². The topological polar surface area (TPSA) is 24.5 Å². The minimum absolute atomic E-state index is 0. The molecule has 8 heteroatoms. The van der Waals surface area contributed by atoms with Gasteiger partial charge in [0.2, 0.25) is 0 Å². The van der Waals surface area contributed by atoms with Crippen molar-refractivity contribution in [2.24, 2.45) is 5.41 Å². The summed E-state index contributed by atoms with van der Waals surface area (Å²) in [6.07, 6.45) is -8.36. The van der Waals surface area contributed by atoms with Gasteiger partial charge in [0, 0.05) is 32.2 Å². The second-order valence-corrected chi connectivity index (χ2v) is 7.09. The molecule has 0 aromatic heterocycles.